The molecule has 0 saturated heterocycles. The standard InChI is InChI=1S/C14H20N4/c1-4-7-18-14(16-10-17-18)13-8-12(9-15-3)6-5-11(13)2/h5-6,8,10,15H,4,7,9H2,1-3H3. The molecule has 1 aromatic carbocycles. The number of aromatic nitrogens is 3. The van der Waals surface area contributed by atoms with Crippen molar-refractivity contribution < 1.29 is 0 Å². The van der Waals surface area contributed by atoms with E-state index in [-0.39, 0.29) is 0 Å². The first-order valence-corrected chi connectivity index (χ1v) is 6.38. The molecule has 0 fully saturated rings. The summed E-state index contributed by atoms with van der Waals surface area (Å²) in [6, 6.07) is 6.49. The van der Waals surface area contributed by atoms with Gasteiger partial charge < -0.3 is 5.32 Å². The zero-order chi connectivity index (χ0) is 13.0. The number of aryl methyl sites for hydroxylation is 2. The Bertz CT molecular complexity index is 516. The Morgan fingerprint density at radius 2 is 2.17 bits per heavy atom. The van der Waals surface area contributed by atoms with E-state index in [9.17, 15) is 0 Å². The molecular formula is C14H20N4. The second-order valence-corrected chi connectivity index (χ2v) is 4.49. The van der Waals surface area contributed by atoms with E-state index in [1.165, 1.54) is 16.7 Å². The molecule has 96 valence electrons. The van der Waals surface area contributed by atoms with E-state index in [4.69, 9.17) is 0 Å². The highest BCUT2D eigenvalue weighted by atomic mass is 15.3. The van der Waals surface area contributed by atoms with Crippen molar-refractivity contribution in [2.24, 2.45) is 0 Å². The van der Waals surface area contributed by atoms with Crippen LogP contribution in [0.5, 0.6) is 0 Å². The molecule has 0 saturated carbocycles. The molecule has 1 aromatic heterocycles. The predicted molar refractivity (Wildman–Crippen MR) is 73.2 cm³/mol. The summed E-state index contributed by atoms with van der Waals surface area (Å²) in [6.07, 6.45) is 2.70. The number of hydrogen-bond acceptors (Lipinski definition) is 3. The molecule has 0 bridgehead atoms. The molecular weight excluding hydrogens is 224 g/mol. The minimum absolute atomic E-state index is 0.870. The van der Waals surface area contributed by atoms with E-state index in [0.29, 0.717) is 0 Å². The highest BCUT2D eigenvalue weighted by Crippen LogP contribution is 2.22. The summed E-state index contributed by atoms with van der Waals surface area (Å²) >= 11 is 0. The summed E-state index contributed by atoms with van der Waals surface area (Å²) < 4.78 is 1.98. The number of benzene rings is 1. The lowest BCUT2D eigenvalue weighted by atomic mass is 10.0. The number of hydrogen-bond donors (Lipinski definition) is 1. The Hall–Kier alpha value is -1.68. The van der Waals surface area contributed by atoms with Gasteiger partial charge in [-0.3, -0.25) is 0 Å². The van der Waals surface area contributed by atoms with Gasteiger partial charge in [0.2, 0.25) is 0 Å². The topological polar surface area (TPSA) is 42.7 Å². The number of nitrogens with one attached hydrogen (secondary N) is 1. The zero-order valence-electron chi connectivity index (χ0n) is 11.3. The molecule has 18 heavy (non-hydrogen) atoms. The van der Waals surface area contributed by atoms with Crippen molar-refractivity contribution in [2.75, 3.05) is 7.05 Å². The summed E-state index contributed by atoms with van der Waals surface area (Å²) in [6.45, 7) is 6.04. The average Bonchev–Trinajstić information content (AvgIpc) is 2.81. The van der Waals surface area contributed by atoms with Crippen LogP contribution in [0.4, 0.5) is 0 Å². The van der Waals surface area contributed by atoms with E-state index in [2.05, 4.69) is 47.4 Å². The van der Waals surface area contributed by atoms with Gasteiger partial charge in [0, 0.05) is 18.7 Å². The van der Waals surface area contributed by atoms with Crippen LogP contribution >= 0.6 is 0 Å². The van der Waals surface area contributed by atoms with E-state index in [1.54, 1.807) is 6.33 Å². The lowest BCUT2D eigenvalue weighted by Gasteiger charge is -2.09. The molecule has 1 N–H and O–H groups in total. The molecule has 0 aliphatic heterocycles. The molecule has 0 radical (unpaired) electrons. The number of rotatable bonds is 5. The van der Waals surface area contributed by atoms with E-state index in [1.807, 2.05) is 11.7 Å². The Morgan fingerprint density at radius 1 is 1.33 bits per heavy atom. The average molecular weight is 244 g/mol. The van der Waals surface area contributed by atoms with Gasteiger partial charge in [-0.25, -0.2) is 9.67 Å². The van der Waals surface area contributed by atoms with Crippen molar-refractivity contribution in [1.29, 1.82) is 0 Å². The molecule has 4 nitrogen and oxygen atoms in total. The lowest BCUT2D eigenvalue weighted by molar-refractivity contribution is 0.607. The smallest absolute Gasteiger partial charge is 0.158 e. The van der Waals surface area contributed by atoms with Gasteiger partial charge in [-0.2, -0.15) is 5.10 Å². The van der Waals surface area contributed by atoms with Crippen molar-refractivity contribution in [3.05, 3.63) is 35.7 Å². The van der Waals surface area contributed by atoms with Gasteiger partial charge in [0.05, 0.1) is 0 Å². The van der Waals surface area contributed by atoms with Crippen LogP contribution in [0.15, 0.2) is 24.5 Å². The highest BCUT2D eigenvalue weighted by Gasteiger charge is 2.10. The first-order valence-electron chi connectivity index (χ1n) is 6.38. The largest absolute Gasteiger partial charge is 0.316 e. The third-order valence-corrected chi connectivity index (χ3v) is 2.97. The molecule has 4 heteroatoms. The van der Waals surface area contributed by atoms with Crippen LogP contribution in [0.25, 0.3) is 11.4 Å². The number of nitrogens with zero attached hydrogens (tertiary/aromatic N) is 3. The first kappa shape index (κ1) is 12.8. The van der Waals surface area contributed by atoms with Gasteiger partial charge in [-0.05, 0) is 37.6 Å². The first-order chi connectivity index (χ1) is 8.76. The second-order valence-electron chi connectivity index (χ2n) is 4.49. The van der Waals surface area contributed by atoms with Crippen LogP contribution in [-0.2, 0) is 13.1 Å². The molecule has 2 rings (SSSR count). The minimum atomic E-state index is 0.870. The summed E-state index contributed by atoms with van der Waals surface area (Å²) in [7, 11) is 1.96. The fraction of sp³-hybridized carbons (Fsp3) is 0.429. The third-order valence-electron chi connectivity index (χ3n) is 2.97. The van der Waals surface area contributed by atoms with Crippen molar-refractivity contribution in [3.8, 4) is 11.4 Å². The SMILES string of the molecule is CCCn1ncnc1-c1cc(CNC)ccc1C. The molecule has 0 atom stereocenters. The normalized spacial score (nSPS) is 10.8. The quantitative estimate of drug-likeness (QED) is 0.878. The maximum Gasteiger partial charge on any atom is 0.158 e. The fourth-order valence-electron chi connectivity index (χ4n) is 2.07. The van der Waals surface area contributed by atoms with Crippen molar-refractivity contribution in [3.63, 3.8) is 0 Å². The lowest BCUT2D eigenvalue weighted by Crippen LogP contribution is -2.06. The molecule has 0 spiro atoms. The van der Waals surface area contributed by atoms with Gasteiger partial charge in [-0.15, -0.1) is 0 Å². The van der Waals surface area contributed by atoms with Crippen LogP contribution in [-0.4, -0.2) is 21.8 Å². The van der Waals surface area contributed by atoms with E-state index in [0.717, 1.165) is 25.3 Å². The maximum absolute atomic E-state index is 4.40. The van der Waals surface area contributed by atoms with Crippen LogP contribution in [0.1, 0.15) is 24.5 Å². The minimum Gasteiger partial charge on any atom is -0.316 e. The molecule has 2 aromatic rings. The molecule has 0 unspecified atom stereocenters. The van der Waals surface area contributed by atoms with Crippen LogP contribution in [0.3, 0.4) is 0 Å². The van der Waals surface area contributed by atoms with Gasteiger partial charge >= 0.3 is 0 Å². The van der Waals surface area contributed by atoms with Crippen molar-refractivity contribution in [1.82, 2.24) is 20.1 Å². The monoisotopic (exact) mass is 244 g/mol. The second kappa shape index (κ2) is 5.78. The zero-order valence-corrected chi connectivity index (χ0v) is 11.3. The third kappa shape index (κ3) is 2.59. The Labute approximate surface area is 108 Å². The Morgan fingerprint density at radius 3 is 2.89 bits per heavy atom. The summed E-state index contributed by atoms with van der Waals surface area (Å²) in [5, 5.41) is 7.46. The summed E-state index contributed by atoms with van der Waals surface area (Å²) in [5.41, 5.74) is 3.68. The van der Waals surface area contributed by atoms with Crippen LogP contribution < -0.4 is 5.32 Å². The molecule has 1 heterocycles. The maximum atomic E-state index is 4.40. The van der Waals surface area contributed by atoms with Crippen molar-refractivity contribution >= 4 is 0 Å². The Balaban J connectivity index is 2.42. The Kier molecular flexibility index (Phi) is 4.10. The molecule has 0 amide bonds. The summed E-state index contributed by atoms with van der Waals surface area (Å²) in [4.78, 5) is 4.40. The molecule has 0 aliphatic rings. The van der Waals surface area contributed by atoms with Crippen LogP contribution in [0, 0.1) is 6.92 Å². The van der Waals surface area contributed by atoms with Gasteiger partial charge in [-0.1, -0.05) is 19.1 Å². The fourth-order valence-corrected chi connectivity index (χ4v) is 2.07. The van der Waals surface area contributed by atoms with E-state index >= 15 is 0 Å². The highest BCUT2D eigenvalue weighted by molar-refractivity contribution is 5.61. The van der Waals surface area contributed by atoms with Gasteiger partial charge in [0.1, 0.15) is 6.33 Å². The van der Waals surface area contributed by atoms with Gasteiger partial charge in [0.15, 0.2) is 5.82 Å². The van der Waals surface area contributed by atoms with E-state index < -0.39 is 0 Å². The molecule has 0 aliphatic carbocycles. The van der Waals surface area contributed by atoms with Gasteiger partial charge in [0.25, 0.3) is 0 Å². The summed E-state index contributed by atoms with van der Waals surface area (Å²) in [5.74, 6) is 0.965. The predicted octanol–water partition coefficient (Wildman–Crippen LogP) is 2.38. The van der Waals surface area contributed by atoms with Crippen molar-refractivity contribution in [2.45, 2.75) is 33.4 Å². The van der Waals surface area contributed by atoms with Crippen LogP contribution in [0.2, 0.25) is 0 Å².